The minimum Gasteiger partial charge on any atom is -0.481 e. The van der Waals surface area contributed by atoms with Gasteiger partial charge in [-0.05, 0) is 30.3 Å². The molecule has 0 saturated carbocycles. The topological polar surface area (TPSA) is 98.5 Å². The Labute approximate surface area is 220 Å². The first-order chi connectivity index (χ1) is 17.8. The molecule has 4 heterocycles. The summed E-state index contributed by atoms with van der Waals surface area (Å²) in [6.45, 7) is 1.98. The molecule has 1 N–H and O–H groups in total. The minimum absolute atomic E-state index is 0.0445. The first-order valence-electron chi connectivity index (χ1n) is 11.6. The van der Waals surface area contributed by atoms with Crippen LogP contribution in [0.4, 0.5) is 15.9 Å². The van der Waals surface area contributed by atoms with E-state index >= 15 is 0 Å². The van der Waals surface area contributed by atoms with Gasteiger partial charge in [0, 0.05) is 38.9 Å². The van der Waals surface area contributed by atoms with Crippen molar-refractivity contribution in [2.24, 2.45) is 0 Å². The molecule has 0 unspecified atom stereocenters. The highest BCUT2D eigenvalue weighted by Gasteiger charge is 2.33. The molecule has 9 nitrogen and oxygen atoms in total. The molecular weight excluding hydrogens is 517 g/mol. The number of carbonyl (C=O) groups excluding carboxylic acids is 1. The van der Waals surface area contributed by atoms with E-state index in [1.165, 1.54) is 21.4 Å². The lowest BCUT2D eigenvalue weighted by Gasteiger charge is -2.37. The summed E-state index contributed by atoms with van der Waals surface area (Å²) in [5.74, 6) is -1.33. The van der Waals surface area contributed by atoms with E-state index in [1.807, 2.05) is 9.80 Å². The Balaban J connectivity index is 1.49. The summed E-state index contributed by atoms with van der Waals surface area (Å²) in [6.07, 6.45) is 2.87. The number of rotatable bonds is 6. The van der Waals surface area contributed by atoms with Crippen molar-refractivity contribution in [3.8, 4) is 0 Å². The number of hydrogen-bond acceptors (Lipinski definition) is 8. The molecule has 5 rings (SSSR count). The second kappa shape index (κ2) is 10.3. The fraction of sp³-hybridized carbons (Fsp3) is 0.240. The smallest absolute Gasteiger partial charge is 0.305 e. The van der Waals surface area contributed by atoms with Gasteiger partial charge in [-0.2, -0.15) is 0 Å². The van der Waals surface area contributed by atoms with Gasteiger partial charge in [0.05, 0.1) is 22.6 Å². The highest BCUT2D eigenvalue weighted by Crippen LogP contribution is 2.34. The number of hydrogen-bond donors (Lipinski definition) is 1. The van der Waals surface area contributed by atoms with Gasteiger partial charge in [-0.1, -0.05) is 42.2 Å². The van der Waals surface area contributed by atoms with Gasteiger partial charge in [-0.15, -0.1) is 0 Å². The van der Waals surface area contributed by atoms with Crippen molar-refractivity contribution >= 4 is 63.4 Å². The van der Waals surface area contributed by atoms with E-state index < -0.39 is 11.9 Å². The molecule has 2 fully saturated rings. The van der Waals surface area contributed by atoms with Crippen LogP contribution in [0.15, 0.2) is 58.4 Å². The zero-order valence-corrected chi connectivity index (χ0v) is 21.2. The van der Waals surface area contributed by atoms with Crippen LogP contribution in [0.2, 0.25) is 0 Å². The van der Waals surface area contributed by atoms with Gasteiger partial charge in [-0.3, -0.25) is 23.7 Å². The molecule has 2 aromatic heterocycles. The second-order valence-electron chi connectivity index (χ2n) is 8.49. The fourth-order valence-corrected chi connectivity index (χ4v) is 5.65. The van der Waals surface area contributed by atoms with E-state index in [4.69, 9.17) is 22.3 Å². The van der Waals surface area contributed by atoms with E-state index in [9.17, 15) is 18.8 Å². The maximum absolute atomic E-state index is 14.3. The number of pyridine rings is 1. The number of thiocarbonyl (C=S) groups is 1. The zero-order valence-electron chi connectivity index (χ0n) is 19.5. The fourth-order valence-electron chi connectivity index (χ4n) is 4.36. The number of halogens is 1. The van der Waals surface area contributed by atoms with Crippen LogP contribution in [0.25, 0.3) is 11.7 Å². The van der Waals surface area contributed by atoms with Gasteiger partial charge in [0.15, 0.2) is 0 Å². The number of carboxylic acids is 1. The van der Waals surface area contributed by atoms with Gasteiger partial charge < -0.3 is 14.9 Å². The number of para-hydroxylation sites is 1. The number of carboxylic acid groups (broad SMARTS) is 1. The van der Waals surface area contributed by atoms with Crippen molar-refractivity contribution < 1.29 is 19.1 Å². The predicted molar refractivity (Wildman–Crippen MR) is 144 cm³/mol. The average Bonchev–Trinajstić information content (AvgIpc) is 3.16. The number of thioether (sulfide) groups is 1. The molecule has 190 valence electrons. The van der Waals surface area contributed by atoms with Crippen molar-refractivity contribution in [1.29, 1.82) is 0 Å². The standard InChI is InChI=1S/C25H22FN5O4S2/c26-17-5-1-2-6-18(17)28-11-13-29(14-12-28)22-16(23(34)30-9-4-3-7-20(30)27-22)15-19-24(35)31(25(36)37-19)10-8-21(32)33/h1-7,9,15H,8,10-14H2,(H,32,33)/b19-15+. The maximum atomic E-state index is 14.3. The SMILES string of the molecule is O=C(O)CCN1C(=O)/C(=C\c2c(N3CCN(c4ccccc4F)CC3)nc3ccccn3c2=O)SC1=S. The Morgan fingerprint density at radius 2 is 1.78 bits per heavy atom. The number of fused-ring (bicyclic) bond motifs is 1. The second-order valence-corrected chi connectivity index (χ2v) is 10.2. The number of carbonyl (C=O) groups is 2. The molecule has 37 heavy (non-hydrogen) atoms. The van der Waals surface area contributed by atoms with Crippen molar-refractivity contribution in [2.45, 2.75) is 6.42 Å². The van der Waals surface area contributed by atoms with Crippen molar-refractivity contribution in [2.75, 3.05) is 42.5 Å². The van der Waals surface area contributed by atoms with E-state index in [1.54, 1.807) is 42.6 Å². The number of aliphatic carboxylic acids is 1. The van der Waals surface area contributed by atoms with Gasteiger partial charge >= 0.3 is 5.97 Å². The third-order valence-electron chi connectivity index (χ3n) is 6.22. The van der Waals surface area contributed by atoms with Crippen molar-refractivity contribution in [3.63, 3.8) is 0 Å². The molecule has 0 aliphatic carbocycles. The summed E-state index contributed by atoms with van der Waals surface area (Å²) in [4.78, 5) is 47.6. The first-order valence-corrected chi connectivity index (χ1v) is 12.8. The highest BCUT2D eigenvalue weighted by atomic mass is 32.2. The molecule has 1 amide bonds. The van der Waals surface area contributed by atoms with Crippen LogP contribution < -0.4 is 15.4 Å². The lowest BCUT2D eigenvalue weighted by atomic mass is 10.2. The molecular formula is C25H22FN5O4S2. The number of nitrogens with zero attached hydrogens (tertiary/aromatic N) is 5. The van der Waals surface area contributed by atoms with E-state index in [2.05, 4.69) is 0 Å². The van der Waals surface area contributed by atoms with E-state index in [0.717, 1.165) is 11.8 Å². The Morgan fingerprint density at radius 1 is 1.08 bits per heavy atom. The summed E-state index contributed by atoms with van der Waals surface area (Å²) >= 11 is 6.32. The average molecular weight is 540 g/mol. The number of piperazine rings is 1. The molecule has 2 aliphatic rings. The van der Waals surface area contributed by atoms with E-state index in [-0.39, 0.29) is 39.1 Å². The molecule has 0 radical (unpaired) electrons. The maximum Gasteiger partial charge on any atom is 0.305 e. The van der Waals surface area contributed by atoms with Gasteiger partial charge in [0.2, 0.25) is 0 Å². The number of benzene rings is 1. The lowest BCUT2D eigenvalue weighted by Crippen LogP contribution is -2.47. The Bertz CT molecular complexity index is 1500. The molecule has 2 saturated heterocycles. The van der Waals surface area contributed by atoms with Gasteiger partial charge in [0.1, 0.15) is 21.6 Å². The zero-order chi connectivity index (χ0) is 26.1. The molecule has 2 aliphatic heterocycles. The van der Waals surface area contributed by atoms with Crippen LogP contribution in [0.1, 0.15) is 12.0 Å². The Morgan fingerprint density at radius 3 is 2.51 bits per heavy atom. The normalized spacial score (nSPS) is 17.3. The Hall–Kier alpha value is -3.77. The molecule has 0 atom stereocenters. The molecule has 0 bridgehead atoms. The molecule has 3 aromatic rings. The summed E-state index contributed by atoms with van der Waals surface area (Å²) in [7, 11) is 0. The first kappa shape index (κ1) is 24.9. The molecule has 12 heteroatoms. The number of anilines is 2. The third-order valence-corrected chi connectivity index (χ3v) is 7.60. The summed E-state index contributed by atoms with van der Waals surface area (Å²) in [5.41, 5.74) is 0.888. The summed E-state index contributed by atoms with van der Waals surface area (Å²) < 4.78 is 16.0. The van der Waals surface area contributed by atoms with Crippen LogP contribution in [0, 0.1) is 5.82 Å². The van der Waals surface area contributed by atoms with E-state index in [0.29, 0.717) is 43.3 Å². The lowest BCUT2D eigenvalue weighted by molar-refractivity contribution is -0.137. The van der Waals surface area contributed by atoms with Crippen LogP contribution in [0.5, 0.6) is 0 Å². The van der Waals surface area contributed by atoms with Crippen molar-refractivity contribution in [3.05, 3.63) is 75.3 Å². The molecule has 0 spiro atoms. The molecule has 1 aromatic carbocycles. The van der Waals surface area contributed by atoms with Gasteiger partial charge in [-0.25, -0.2) is 9.37 Å². The minimum atomic E-state index is -1.04. The largest absolute Gasteiger partial charge is 0.481 e. The summed E-state index contributed by atoms with van der Waals surface area (Å²) in [6, 6.07) is 11.9. The quantitative estimate of drug-likeness (QED) is 0.375. The van der Waals surface area contributed by atoms with Crippen LogP contribution in [0.3, 0.4) is 0 Å². The van der Waals surface area contributed by atoms with Crippen molar-refractivity contribution in [1.82, 2.24) is 14.3 Å². The highest BCUT2D eigenvalue weighted by molar-refractivity contribution is 8.26. The van der Waals surface area contributed by atoms with Crippen LogP contribution in [-0.2, 0) is 9.59 Å². The van der Waals surface area contributed by atoms with Crippen LogP contribution in [-0.4, -0.2) is 68.3 Å². The van der Waals surface area contributed by atoms with Crippen LogP contribution >= 0.6 is 24.0 Å². The number of amides is 1. The van der Waals surface area contributed by atoms with Gasteiger partial charge in [0.25, 0.3) is 11.5 Å². The monoisotopic (exact) mass is 539 g/mol. The Kier molecular flexibility index (Phi) is 6.94. The predicted octanol–water partition coefficient (Wildman–Crippen LogP) is 2.84. The summed E-state index contributed by atoms with van der Waals surface area (Å²) in [5, 5.41) is 8.99. The number of aromatic nitrogens is 2. The third kappa shape index (κ3) is 4.94.